The molecule has 0 aliphatic heterocycles. The van der Waals surface area contributed by atoms with Crippen LogP contribution in [-0.2, 0) is 0 Å². The van der Waals surface area contributed by atoms with Crippen LogP contribution >= 0.6 is 15.9 Å². The van der Waals surface area contributed by atoms with E-state index in [1.165, 1.54) is 0 Å². The molecule has 2 rings (SSSR count). The van der Waals surface area contributed by atoms with Gasteiger partial charge < -0.3 is 9.47 Å². The van der Waals surface area contributed by atoms with E-state index in [9.17, 15) is 4.79 Å². The Balaban J connectivity index is 1.97. The summed E-state index contributed by atoms with van der Waals surface area (Å²) in [5, 5.41) is 3.98. The molecule has 126 valence electrons. The van der Waals surface area contributed by atoms with Gasteiger partial charge in [0.15, 0.2) is 0 Å². The second-order valence-corrected chi connectivity index (χ2v) is 5.81. The van der Waals surface area contributed by atoms with Crippen molar-refractivity contribution < 1.29 is 14.3 Å². The van der Waals surface area contributed by atoms with Gasteiger partial charge in [-0.25, -0.2) is 5.43 Å². The van der Waals surface area contributed by atoms with Crippen LogP contribution in [0.25, 0.3) is 0 Å². The van der Waals surface area contributed by atoms with Crippen molar-refractivity contribution in [1.82, 2.24) is 5.43 Å². The summed E-state index contributed by atoms with van der Waals surface area (Å²) in [6.07, 6.45) is 2.50. The minimum atomic E-state index is -0.285. The van der Waals surface area contributed by atoms with Crippen LogP contribution < -0.4 is 14.9 Å². The molecule has 0 unspecified atom stereocenters. The fourth-order valence-corrected chi connectivity index (χ4v) is 2.24. The van der Waals surface area contributed by atoms with Gasteiger partial charge in [-0.05, 0) is 48.9 Å². The first-order valence-corrected chi connectivity index (χ1v) is 8.33. The van der Waals surface area contributed by atoms with Gasteiger partial charge in [0.2, 0.25) is 0 Å². The van der Waals surface area contributed by atoms with Gasteiger partial charge in [-0.15, -0.1) is 0 Å². The van der Waals surface area contributed by atoms with Gasteiger partial charge in [0.25, 0.3) is 5.91 Å². The third kappa shape index (κ3) is 5.09. The van der Waals surface area contributed by atoms with Crippen molar-refractivity contribution >= 4 is 28.1 Å². The zero-order valence-electron chi connectivity index (χ0n) is 13.6. The molecule has 1 N–H and O–H groups in total. The summed E-state index contributed by atoms with van der Waals surface area (Å²) in [4.78, 5) is 12.1. The summed E-state index contributed by atoms with van der Waals surface area (Å²) in [6, 6.07) is 12.5. The number of carbonyl (C=O) groups excluding carboxylic acids is 1. The van der Waals surface area contributed by atoms with Gasteiger partial charge in [-0.2, -0.15) is 5.10 Å². The lowest BCUT2D eigenvalue weighted by Gasteiger charge is -2.05. The normalized spacial score (nSPS) is 10.6. The molecule has 0 radical (unpaired) electrons. The van der Waals surface area contributed by atoms with E-state index in [0.29, 0.717) is 17.9 Å². The monoisotopic (exact) mass is 390 g/mol. The molecule has 0 aliphatic rings. The summed E-state index contributed by atoms with van der Waals surface area (Å²) in [6.45, 7) is 2.70. The Labute approximate surface area is 149 Å². The van der Waals surface area contributed by atoms with Crippen LogP contribution in [0.1, 0.15) is 29.3 Å². The SMILES string of the molecule is CCCOc1ccc(C(=O)NN=Cc2cc(OC)ccc2Br)cc1. The van der Waals surface area contributed by atoms with E-state index in [-0.39, 0.29) is 5.91 Å². The fraction of sp³-hybridized carbons (Fsp3) is 0.222. The molecular formula is C18H19BrN2O3. The highest BCUT2D eigenvalue weighted by Gasteiger charge is 2.05. The predicted octanol–water partition coefficient (Wildman–Crippen LogP) is 4.01. The lowest BCUT2D eigenvalue weighted by molar-refractivity contribution is 0.0955. The van der Waals surface area contributed by atoms with Gasteiger partial charge in [-0.3, -0.25) is 4.79 Å². The standard InChI is InChI=1S/C18H19BrN2O3/c1-3-10-24-15-6-4-13(5-7-15)18(22)21-20-12-14-11-16(23-2)8-9-17(14)19/h4-9,11-12H,3,10H2,1-2H3,(H,21,22). The molecule has 0 saturated heterocycles. The number of hydrazone groups is 1. The molecule has 24 heavy (non-hydrogen) atoms. The number of halogens is 1. The summed E-state index contributed by atoms with van der Waals surface area (Å²) >= 11 is 3.43. The number of hydrogen-bond acceptors (Lipinski definition) is 4. The van der Waals surface area contributed by atoms with Gasteiger partial charge in [0, 0.05) is 15.6 Å². The second kappa shape index (κ2) is 9.08. The number of hydrogen-bond donors (Lipinski definition) is 1. The predicted molar refractivity (Wildman–Crippen MR) is 98.0 cm³/mol. The Morgan fingerprint density at radius 3 is 2.58 bits per heavy atom. The Kier molecular flexibility index (Phi) is 6.81. The number of benzene rings is 2. The number of amides is 1. The highest BCUT2D eigenvalue weighted by atomic mass is 79.9. The second-order valence-electron chi connectivity index (χ2n) is 4.96. The first-order valence-electron chi connectivity index (χ1n) is 7.54. The summed E-state index contributed by atoms with van der Waals surface area (Å²) in [5.74, 6) is 1.18. The molecule has 1 amide bonds. The van der Waals surface area contributed by atoms with Crippen molar-refractivity contribution in [3.05, 3.63) is 58.1 Å². The van der Waals surface area contributed by atoms with Crippen LogP contribution in [0.4, 0.5) is 0 Å². The highest BCUT2D eigenvalue weighted by Crippen LogP contribution is 2.20. The van der Waals surface area contributed by atoms with Crippen LogP contribution in [0, 0.1) is 0 Å². The lowest BCUT2D eigenvalue weighted by atomic mass is 10.2. The molecule has 5 nitrogen and oxygen atoms in total. The Bertz CT molecular complexity index is 715. The van der Waals surface area contributed by atoms with E-state index >= 15 is 0 Å². The van der Waals surface area contributed by atoms with E-state index in [2.05, 4.69) is 26.5 Å². The number of methoxy groups -OCH3 is 1. The van der Waals surface area contributed by atoms with Crippen LogP contribution in [0.2, 0.25) is 0 Å². The smallest absolute Gasteiger partial charge is 0.271 e. The number of ether oxygens (including phenoxy) is 2. The molecular weight excluding hydrogens is 372 g/mol. The molecule has 0 fully saturated rings. The third-order valence-electron chi connectivity index (χ3n) is 3.16. The molecule has 0 aromatic heterocycles. The van der Waals surface area contributed by atoms with Gasteiger partial charge in [0.05, 0.1) is 19.9 Å². The van der Waals surface area contributed by atoms with E-state index in [4.69, 9.17) is 9.47 Å². The molecule has 0 aliphatic carbocycles. The maximum absolute atomic E-state index is 12.1. The number of carbonyl (C=O) groups is 1. The van der Waals surface area contributed by atoms with Crippen LogP contribution in [0.3, 0.4) is 0 Å². The molecule has 0 saturated carbocycles. The number of nitrogens with zero attached hydrogens (tertiary/aromatic N) is 1. The van der Waals surface area contributed by atoms with Crippen LogP contribution in [-0.4, -0.2) is 25.8 Å². The average molecular weight is 391 g/mol. The molecule has 2 aromatic carbocycles. The Morgan fingerprint density at radius 1 is 1.21 bits per heavy atom. The van der Waals surface area contributed by atoms with Crippen molar-refractivity contribution in [2.45, 2.75) is 13.3 Å². The molecule has 6 heteroatoms. The van der Waals surface area contributed by atoms with E-state index in [1.54, 1.807) is 37.6 Å². The van der Waals surface area contributed by atoms with E-state index in [1.807, 2.05) is 25.1 Å². The zero-order valence-corrected chi connectivity index (χ0v) is 15.2. The Morgan fingerprint density at radius 2 is 1.92 bits per heavy atom. The molecule has 2 aromatic rings. The first-order chi connectivity index (χ1) is 11.6. The minimum absolute atomic E-state index is 0.285. The fourth-order valence-electron chi connectivity index (χ4n) is 1.90. The number of nitrogens with one attached hydrogen (secondary N) is 1. The number of rotatable bonds is 7. The van der Waals surface area contributed by atoms with Crippen molar-refractivity contribution in [2.75, 3.05) is 13.7 Å². The van der Waals surface area contributed by atoms with Gasteiger partial charge in [-0.1, -0.05) is 22.9 Å². The maximum Gasteiger partial charge on any atom is 0.271 e. The third-order valence-corrected chi connectivity index (χ3v) is 3.88. The van der Waals surface area contributed by atoms with Crippen LogP contribution in [0.15, 0.2) is 52.0 Å². The van der Waals surface area contributed by atoms with Gasteiger partial charge in [0.1, 0.15) is 11.5 Å². The minimum Gasteiger partial charge on any atom is -0.497 e. The zero-order chi connectivity index (χ0) is 17.4. The van der Waals surface area contributed by atoms with Crippen molar-refractivity contribution in [3.8, 4) is 11.5 Å². The maximum atomic E-state index is 12.1. The molecule has 0 heterocycles. The quantitative estimate of drug-likeness (QED) is 0.573. The summed E-state index contributed by atoms with van der Waals surface area (Å²) in [5.41, 5.74) is 3.82. The van der Waals surface area contributed by atoms with Crippen molar-refractivity contribution in [3.63, 3.8) is 0 Å². The highest BCUT2D eigenvalue weighted by molar-refractivity contribution is 9.10. The van der Waals surface area contributed by atoms with Crippen molar-refractivity contribution in [2.24, 2.45) is 5.10 Å². The Hall–Kier alpha value is -2.34. The average Bonchev–Trinajstić information content (AvgIpc) is 2.61. The lowest BCUT2D eigenvalue weighted by Crippen LogP contribution is -2.17. The largest absolute Gasteiger partial charge is 0.497 e. The summed E-state index contributed by atoms with van der Waals surface area (Å²) < 4.78 is 11.5. The van der Waals surface area contributed by atoms with E-state index < -0.39 is 0 Å². The first kappa shape index (κ1) is 18.0. The molecule has 0 atom stereocenters. The summed E-state index contributed by atoms with van der Waals surface area (Å²) in [7, 11) is 1.60. The van der Waals surface area contributed by atoms with E-state index in [0.717, 1.165) is 22.2 Å². The van der Waals surface area contributed by atoms with Crippen LogP contribution in [0.5, 0.6) is 11.5 Å². The van der Waals surface area contributed by atoms with Gasteiger partial charge >= 0.3 is 0 Å². The molecule has 0 spiro atoms. The topological polar surface area (TPSA) is 59.9 Å². The van der Waals surface area contributed by atoms with Crippen molar-refractivity contribution in [1.29, 1.82) is 0 Å². The molecule has 0 bridgehead atoms.